The highest BCUT2D eigenvalue weighted by Gasteiger charge is 2.26. The van der Waals surface area contributed by atoms with Gasteiger partial charge in [0.05, 0.1) is 20.7 Å². The van der Waals surface area contributed by atoms with Crippen LogP contribution in [0.3, 0.4) is 0 Å². The third-order valence-corrected chi connectivity index (χ3v) is 6.30. The molecule has 0 spiro atoms. The van der Waals surface area contributed by atoms with Crippen LogP contribution in [0.15, 0.2) is 47.4 Å². The summed E-state index contributed by atoms with van der Waals surface area (Å²) in [6.45, 7) is 0.864. The summed E-state index contributed by atoms with van der Waals surface area (Å²) in [5, 5.41) is 0.399. The van der Waals surface area contributed by atoms with Crippen LogP contribution in [0.2, 0.25) is 0 Å². The number of halogens is 1. The second kappa shape index (κ2) is 7.94. The van der Waals surface area contributed by atoms with Crippen LogP contribution >= 0.6 is 11.3 Å². The molecular weight excluding hydrogens is 401 g/mol. The summed E-state index contributed by atoms with van der Waals surface area (Å²) < 4.78 is 38.4. The lowest BCUT2D eigenvalue weighted by molar-refractivity contribution is 0.0982. The van der Waals surface area contributed by atoms with Crippen LogP contribution < -0.4 is 4.90 Å². The first-order chi connectivity index (χ1) is 13.2. The molecule has 0 saturated carbocycles. The Morgan fingerprint density at radius 3 is 2.54 bits per heavy atom. The van der Waals surface area contributed by atoms with Gasteiger partial charge >= 0.3 is 0 Å². The Bertz CT molecular complexity index is 1130. The average molecular weight is 422 g/mol. The van der Waals surface area contributed by atoms with Crippen LogP contribution in [0, 0.1) is 5.82 Å². The molecule has 0 bridgehead atoms. The van der Waals surface area contributed by atoms with Crippen molar-refractivity contribution in [2.45, 2.75) is 4.90 Å². The molecule has 0 aliphatic carbocycles. The van der Waals surface area contributed by atoms with Gasteiger partial charge in [-0.2, -0.15) is 0 Å². The van der Waals surface area contributed by atoms with Crippen molar-refractivity contribution >= 4 is 42.4 Å². The molecule has 0 fully saturated rings. The second-order valence-electron chi connectivity index (χ2n) is 6.64. The second-order valence-corrected chi connectivity index (χ2v) is 9.63. The number of aromatic nitrogens is 1. The first kappa shape index (κ1) is 20.4. The van der Waals surface area contributed by atoms with E-state index < -0.39 is 15.7 Å². The smallest absolute Gasteiger partial charge is 0.261 e. The van der Waals surface area contributed by atoms with Crippen molar-refractivity contribution in [3.8, 4) is 0 Å². The van der Waals surface area contributed by atoms with Crippen molar-refractivity contribution in [1.29, 1.82) is 0 Å². The van der Waals surface area contributed by atoms with Gasteiger partial charge in [-0.15, -0.1) is 0 Å². The molecule has 148 valence electrons. The van der Waals surface area contributed by atoms with E-state index in [9.17, 15) is 17.6 Å². The van der Waals surface area contributed by atoms with Crippen LogP contribution in [0.4, 0.5) is 9.52 Å². The van der Waals surface area contributed by atoms with E-state index in [4.69, 9.17) is 0 Å². The first-order valence-electron chi connectivity index (χ1n) is 8.48. The molecule has 1 aromatic heterocycles. The molecule has 3 rings (SSSR count). The van der Waals surface area contributed by atoms with E-state index in [0.29, 0.717) is 28.4 Å². The molecule has 28 heavy (non-hydrogen) atoms. The van der Waals surface area contributed by atoms with Gasteiger partial charge in [-0.3, -0.25) is 9.69 Å². The van der Waals surface area contributed by atoms with Crippen LogP contribution in [0.25, 0.3) is 10.2 Å². The predicted molar refractivity (Wildman–Crippen MR) is 109 cm³/mol. The van der Waals surface area contributed by atoms with E-state index in [-0.39, 0.29) is 16.3 Å². The van der Waals surface area contributed by atoms with Gasteiger partial charge in [0, 0.05) is 19.3 Å². The van der Waals surface area contributed by atoms with Crippen molar-refractivity contribution < 1.29 is 17.6 Å². The fourth-order valence-corrected chi connectivity index (χ4v) is 4.59. The zero-order valence-electron chi connectivity index (χ0n) is 15.7. The van der Waals surface area contributed by atoms with Gasteiger partial charge in [-0.1, -0.05) is 23.5 Å². The maximum absolute atomic E-state index is 13.5. The topological polar surface area (TPSA) is 70.6 Å². The Morgan fingerprint density at radius 1 is 1.14 bits per heavy atom. The van der Waals surface area contributed by atoms with E-state index in [1.165, 1.54) is 40.5 Å². The predicted octanol–water partition coefficient (Wildman–Crippen LogP) is 3.05. The molecule has 2 aromatic carbocycles. The number of carbonyl (C=O) groups excluding carboxylic acids is 1. The van der Waals surface area contributed by atoms with E-state index in [0.717, 1.165) is 6.26 Å². The Labute approximate surface area is 167 Å². The fraction of sp³-hybridized carbons (Fsp3) is 0.263. The molecule has 9 heteroatoms. The van der Waals surface area contributed by atoms with Crippen molar-refractivity contribution in [2.24, 2.45) is 0 Å². The Morgan fingerprint density at radius 2 is 1.86 bits per heavy atom. The lowest BCUT2D eigenvalue weighted by Crippen LogP contribution is -2.37. The summed E-state index contributed by atoms with van der Waals surface area (Å²) in [5.74, 6) is -0.835. The molecule has 0 aliphatic heterocycles. The molecule has 0 atom stereocenters. The number of sulfone groups is 1. The van der Waals surface area contributed by atoms with Crippen LogP contribution in [0.5, 0.6) is 0 Å². The van der Waals surface area contributed by atoms with Gasteiger partial charge < -0.3 is 4.90 Å². The number of thiazole rings is 1. The third kappa shape index (κ3) is 4.37. The Kier molecular flexibility index (Phi) is 5.78. The fourth-order valence-electron chi connectivity index (χ4n) is 2.70. The van der Waals surface area contributed by atoms with Crippen molar-refractivity contribution in [1.82, 2.24) is 9.88 Å². The number of hydrogen-bond acceptors (Lipinski definition) is 6. The minimum atomic E-state index is -3.58. The first-order valence-corrected chi connectivity index (χ1v) is 11.2. The van der Waals surface area contributed by atoms with E-state index in [1.54, 1.807) is 18.2 Å². The molecule has 1 heterocycles. The summed E-state index contributed by atoms with van der Waals surface area (Å²) in [4.78, 5) is 21.1. The highest BCUT2D eigenvalue weighted by molar-refractivity contribution is 7.90. The van der Waals surface area contributed by atoms with Gasteiger partial charge in [0.15, 0.2) is 15.0 Å². The Hall–Kier alpha value is -2.36. The van der Waals surface area contributed by atoms with Crippen molar-refractivity contribution in [3.05, 3.63) is 53.8 Å². The monoisotopic (exact) mass is 421 g/mol. The number of hydrogen-bond donors (Lipinski definition) is 0. The van der Waals surface area contributed by atoms with Gasteiger partial charge in [0.2, 0.25) is 0 Å². The minimum Gasteiger partial charge on any atom is -0.308 e. The van der Waals surface area contributed by atoms with Gasteiger partial charge in [0.1, 0.15) is 5.82 Å². The maximum atomic E-state index is 13.5. The largest absolute Gasteiger partial charge is 0.308 e. The summed E-state index contributed by atoms with van der Waals surface area (Å²) in [6.07, 6.45) is 1.07. The molecular formula is C19H20FN3O3S2. The zero-order valence-corrected chi connectivity index (χ0v) is 17.3. The molecule has 6 nitrogen and oxygen atoms in total. The van der Waals surface area contributed by atoms with Gasteiger partial charge in [-0.25, -0.2) is 17.8 Å². The van der Waals surface area contributed by atoms with Crippen molar-refractivity contribution in [3.63, 3.8) is 0 Å². The highest BCUT2D eigenvalue weighted by atomic mass is 32.2. The van der Waals surface area contributed by atoms with Crippen LogP contribution in [-0.4, -0.2) is 57.6 Å². The highest BCUT2D eigenvalue weighted by Crippen LogP contribution is 2.31. The van der Waals surface area contributed by atoms with Crippen LogP contribution in [-0.2, 0) is 9.84 Å². The summed E-state index contributed by atoms with van der Waals surface area (Å²) in [7, 11) is 0.171. The third-order valence-electron chi connectivity index (χ3n) is 4.10. The van der Waals surface area contributed by atoms with E-state index >= 15 is 0 Å². The maximum Gasteiger partial charge on any atom is 0.261 e. The standard InChI is InChI=1S/C19H20FN3O3S2/c1-22(2)10-11-23(19-21-15-9-8-13(20)12-16(15)27-19)18(24)14-6-4-5-7-17(14)28(3,25)26/h4-9,12H,10-11H2,1-3H3. The number of anilines is 1. The molecule has 0 N–H and O–H groups in total. The van der Waals surface area contributed by atoms with E-state index in [2.05, 4.69) is 4.98 Å². The lowest BCUT2D eigenvalue weighted by Gasteiger charge is -2.22. The zero-order chi connectivity index (χ0) is 20.5. The summed E-state index contributed by atoms with van der Waals surface area (Å²) in [6, 6.07) is 10.4. The van der Waals surface area contributed by atoms with Gasteiger partial charge in [0.25, 0.3) is 5.91 Å². The number of likely N-dealkylation sites (N-methyl/N-ethyl adjacent to an activating group) is 1. The van der Waals surface area contributed by atoms with Crippen molar-refractivity contribution in [2.75, 3.05) is 38.3 Å². The molecule has 0 unspecified atom stereocenters. The SMILES string of the molecule is CN(C)CCN(C(=O)c1ccccc1S(C)(=O)=O)c1nc2ccc(F)cc2s1. The molecule has 0 saturated heterocycles. The van der Waals surface area contributed by atoms with E-state index in [1.807, 2.05) is 19.0 Å². The molecule has 0 radical (unpaired) electrons. The number of rotatable bonds is 6. The minimum absolute atomic E-state index is 0.0259. The average Bonchev–Trinajstić information content (AvgIpc) is 3.03. The number of fused-ring (bicyclic) bond motifs is 1. The molecule has 0 aliphatic rings. The number of nitrogens with zero attached hydrogens (tertiary/aromatic N) is 3. The number of carbonyl (C=O) groups is 1. The van der Waals surface area contributed by atoms with Crippen LogP contribution in [0.1, 0.15) is 10.4 Å². The molecule has 1 amide bonds. The normalized spacial score (nSPS) is 11.9. The number of amides is 1. The number of benzene rings is 2. The Balaban J connectivity index is 2.08. The quantitative estimate of drug-likeness (QED) is 0.612. The lowest BCUT2D eigenvalue weighted by atomic mass is 10.2. The summed E-state index contributed by atoms with van der Waals surface area (Å²) in [5.41, 5.74) is 0.676. The summed E-state index contributed by atoms with van der Waals surface area (Å²) >= 11 is 1.19. The molecule has 3 aromatic rings. The van der Waals surface area contributed by atoms with Gasteiger partial charge in [-0.05, 0) is 44.4 Å².